The van der Waals surface area contributed by atoms with Gasteiger partial charge in [0.2, 0.25) is 17.7 Å². The summed E-state index contributed by atoms with van der Waals surface area (Å²) in [6.07, 6.45) is -0.0757. The molecule has 12 N–H and O–H groups in total. The van der Waals surface area contributed by atoms with Crippen molar-refractivity contribution in [2.45, 2.75) is 43.8 Å². The van der Waals surface area contributed by atoms with Crippen molar-refractivity contribution in [1.82, 2.24) is 10.6 Å². The zero-order valence-corrected chi connectivity index (χ0v) is 14.8. The Kier molecular flexibility index (Phi) is 11.1. The number of primary amides is 1. The number of guanidine groups is 1. The highest BCUT2D eigenvalue weighted by atomic mass is 16.4. The molecule has 0 saturated carbocycles. The van der Waals surface area contributed by atoms with Crippen molar-refractivity contribution in [3.8, 4) is 0 Å². The average Bonchev–Trinajstić information content (AvgIpc) is 2.59. The number of nitrogens with two attached hydrogens (primary N) is 4. The minimum absolute atomic E-state index is 0.0780. The van der Waals surface area contributed by atoms with Crippen LogP contribution in [0.5, 0.6) is 0 Å². The maximum absolute atomic E-state index is 12.4. The predicted octanol–water partition coefficient (Wildman–Crippen LogP) is -4.32. The summed E-state index contributed by atoms with van der Waals surface area (Å²) >= 11 is 0. The summed E-state index contributed by atoms with van der Waals surface area (Å²) in [6, 6.07) is -3.75. The van der Waals surface area contributed by atoms with Crippen LogP contribution >= 0.6 is 0 Å². The van der Waals surface area contributed by atoms with Crippen LogP contribution in [-0.2, 0) is 19.2 Å². The van der Waals surface area contributed by atoms with Crippen LogP contribution in [0.3, 0.4) is 0 Å². The molecule has 3 unspecified atom stereocenters. The second-order valence-electron chi connectivity index (χ2n) is 5.70. The molecule has 0 bridgehead atoms. The van der Waals surface area contributed by atoms with E-state index < -0.39 is 48.4 Å². The fourth-order valence-corrected chi connectivity index (χ4v) is 1.95. The number of rotatable bonds is 13. The monoisotopic (exact) mass is 389 g/mol. The Bertz CT molecular complexity index is 564. The predicted molar refractivity (Wildman–Crippen MR) is 94.9 cm³/mol. The van der Waals surface area contributed by atoms with E-state index in [4.69, 9.17) is 33.1 Å². The zero-order chi connectivity index (χ0) is 21.0. The number of nitrogens with zero attached hydrogens (tertiary/aromatic N) is 1. The summed E-state index contributed by atoms with van der Waals surface area (Å²) in [5.74, 6) is -3.80. The lowest BCUT2D eigenvalue weighted by atomic mass is 10.1. The van der Waals surface area contributed by atoms with Crippen molar-refractivity contribution in [3.05, 3.63) is 0 Å². The highest BCUT2D eigenvalue weighted by molar-refractivity contribution is 5.91. The highest BCUT2D eigenvalue weighted by Gasteiger charge is 2.27. The van der Waals surface area contributed by atoms with E-state index in [9.17, 15) is 19.2 Å². The van der Waals surface area contributed by atoms with Gasteiger partial charge in [-0.1, -0.05) is 0 Å². The first-order valence-corrected chi connectivity index (χ1v) is 8.12. The molecule has 0 aliphatic heterocycles. The molecule has 0 aliphatic carbocycles. The number of carbonyl (C=O) groups is 4. The molecule has 154 valence electrons. The van der Waals surface area contributed by atoms with Crippen LogP contribution in [0.1, 0.15) is 25.7 Å². The molecule has 3 amide bonds. The molecule has 3 atom stereocenters. The van der Waals surface area contributed by atoms with Gasteiger partial charge >= 0.3 is 5.97 Å². The number of carboxylic acid groups (broad SMARTS) is 1. The van der Waals surface area contributed by atoms with Gasteiger partial charge in [-0.25, -0.2) is 4.79 Å². The third kappa shape index (κ3) is 10.6. The molecule has 0 fully saturated rings. The SMILES string of the molecule is NC(=O)CCC(NC(=O)C(CCCN=C(N)N)NC(=O)C(N)CO)C(=O)O. The van der Waals surface area contributed by atoms with Crippen LogP contribution in [0.25, 0.3) is 0 Å². The third-order valence-electron chi connectivity index (χ3n) is 3.41. The van der Waals surface area contributed by atoms with Crippen molar-refractivity contribution >= 4 is 29.7 Å². The third-order valence-corrected chi connectivity index (χ3v) is 3.41. The fraction of sp³-hybridized carbons (Fsp3) is 0.643. The Balaban J connectivity index is 5.04. The van der Waals surface area contributed by atoms with Gasteiger partial charge in [-0.3, -0.25) is 19.4 Å². The molecule has 0 saturated heterocycles. The average molecular weight is 389 g/mol. The molecular formula is C14H27N7O6. The number of aliphatic hydroxyl groups is 1. The van der Waals surface area contributed by atoms with Gasteiger partial charge in [0.25, 0.3) is 0 Å². The van der Waals surface area contributed by atoms with Gasteiger partial charge in [0.05, 0.1) is 6.61 Å². The molecule has 13 heteroatoms. The first kappa shape index (κ1) is 24.1. The minimum atomic E-state index is -1.37. The van der Waals surface area contributed by atoms with Crippen molar-refractivity contribution in [1.29, 1.82) is 0 Å². The Morgan fingerprint density at radius 1 is 0.963 bits per heavy atom. The van der Waals surface area contributed by atoms with Crippen LogP contribution in [0.2, 0.25) is 0 Å². The van der Waals surface area contributed by atoms with E-state index >= 15 is 0 Å². The van der Waals surface area contributed by atoms with Crippen molar-refractivity contribution in [2.75, 3.05) is 13.2 Å². The van der Waals surface area contributed by atoms with Crippen molar-refractivity contribution in [2.24, 2.45) is 27.9 Å². The highest BCUT2D eigenvalue weighted by Crippen LogP contribution is 2.03. The van der Waals surface area contributed by atoms with Gasteiger partial charge in [0.1, 0.15) is 18.1 Å². The largest absolute Gasteiger partial charge is 0.480 e. The number of hydrogen-bond donors (Lipinski definition) is 8. The van der Waals surface area contributed by atoms with Crippen LogP contribution in [0.15, 0.2) is 4.99 Å². The molecule has 0 radical (unpaired) electrons. The van der Waals surface area contributed by atoms with E-state index in [1.807, 2.05) is 0 Å². The van der Waals surface area contributed by atoms with Crippen LogP contribution in [0.4, 0.5) is 0 Å². The summed E-state index contributed by atoms with van der Waals surface area (Å²) in [7, 11) is 0. The lowest BCUT2D eigenvalue weighted by Crippen LogP contribution is -2.55. The van der Waals surface area contributed by atoms with Crippen molar-refractivity contribution < 1.29 is 29.4 Å². The lowest BCUT2D eigenvalue weighted by molar-refractivity contribution is -0.142. The maximum atomic E-state index is 12.4. The Morgan fingerprint density at radius 2 is 1.56 bits per heavy atom. The molecule has 0 heterocycles. The first-order chi connectivity index (χ1) is 12.6. The standard InChI is InChI=1S/C14H27N7O6/c15-7(6-22)11(24)20-8(2-1-5-19-14(17)18)12(25)21-9(13(26)27)3-4-10(16)23/h7-9,22H,1-6,15H2,(H2,16,23)(H,20,24)(H,21,25)(H,26,27)(H4,17,18,19). The molecule has 13 nitrogen and oxygen atoms in total. The Labute approximate surface area is 155 Å². The van der Waals surface area contributed by atoms with Gasteiger partial charge in [-0.15, -0.1) is 0 Å². The molecule has 0 aliphatic rings. The summed E-state index contributed by atoms with van der Waals surface area (Å²) in [6.45, 7) is -0.456. The summed E-state index contributed by atoms with van der Waals surface area (Å²) in [4.78, 5) is 50.0. The van der Waals surface area contributed by atoms with E-state index in [1.165, 1.54) is 0 Å². The Morgan fingerprint density at radius 3 is 2.04 bits per heavy atom. The summed E-state index contributed by atoms with van der Waals surface area (Å²) in [5, 5.41) is 22.6. The molecule has 0 aromatic carbocycles. The number of aliphatic hydroxyl groups excluding tert-OH is 1. The van der Waals surface area contributed by atoms with E-state index in [-0.39, 0.29) is 31.8 Å². The molecule has 0 aromatic rings. The second kappa shape index (κ2) is 12.4. The topological polar surface area (TPSA) is 249 Å². The van der Waals surface area contributed by atoms with Gasteiger partial charge < -0.3 is 43.8 Å². The number of amides is 3. The first-order valence-electron chi connectivity index (χ1n) is 8.12. The zero-order valence-electron chi connectivity index (χ0n) is 14.8. The molecule has 0 rings (SSSR count). The normalized spacial score (nSPS) is 13.7. The van der Waals surface area contributed by atoms with Gasteiger partial charge in [0.15, 0.2) is 5.96 Å². The smallest absolute Gasteiger partial charge is 0.326 e. The van der Waals surface area contributed by atoms with E-state index in [0.717, 1.165) is 0 Å². The lowest BCUT2D eigenvalue weighted by Gasteiger charge is -2.22. The quantitative estimate of drug-likeness (QED) is 0.0859. The van der Waals surface area contributed by atoms with Gasteiger partial charge in [0, 0.05) is 13.0 Å². The second-order valence-corrected chi connectivity index (χ2v) is 5.70. The number of hydrogen-bond acceptors (Lipinski definition) is 7. The van der Waals surface area contributed by atoms with Crippen LogP contribution in [-0.4, -0.2) is 71.1 Å². The fourth-order valence-electron chi connectivity index (χ4n) is 1.95. The van der Waals surface area contributed by atoms with Crippen molar-refractivity contribution in [3.63, 3.8) is 0 Å². The molecular weight excluding hydrogens is 362 g/mol. The van der Waals surface area contributed by atoms with Gasteiger partial charge in [-0.05, 0) is 19.3 Å². The summed E-state index contributed by atoms with van der Waals surface area (Å²) < 4.78 is 0. The van der Waals surface area contributed by atoms with E-state index in [0.29, 0.717) is 6.42 Å². The van der Waals surface area contributed by atoms with Crippen LogP contribution < -0.4 is 33.6 Å². The number of aliphatic imine (C=N–C) groups is 1. The van der Waals surface area contributed by atoms with Crippen LogP contribution in [0, 0.1) is 0 Å². The summed E-state index contributed by atoms with van der Waals surface area (Å²) in [5.41, 5.74) is 20.8. The van der Waals surface area contributed by atoms with Gasteiger partial charge in [-0.2, -0.15) is 0 Å². The number of aliphatic carboxylic acids is 1. The minimum Gasteiger partial charge on any atom is -0.480 e. The van der Waals surface area contributed by atoms with E-state index in [1.54, 1.807) is 0 Å². The molecule has 0 spiro atoms. The number of carbonyl (C=O) groups excluding carboxylic acids is 3. The molecule has 27 heavy (non-hydrogen) atoms. The number of nitrogens with one attached hydrogen (secondary N) is 2. The number of carboxylic acids is 1. The maximum Gasteiger partial charge on any atom is 0.326 e. The molecule has 0 aromatic heterocycles. The van der Waals surface area contributed by atoms with E-state index in [2.05, 4.69) is 15.6 Å². The Hall–Kier alpha value is -2.93.